The number of aromatic amines is 1. The zero-order valence-electron chi connectivity index (χ0n) is 11.5. The standard InChI is InChI=1S/C12H16N4O4S/c1-15-6-12-7-16(11(17)9-2-3-13-14-9)5-8(20-12)4-10(12)21(15,18)19/h2-3,8,10H,4-7H2,1H3,(H,13,14)/t8-,10-,12+/m1/s1. The first-order valence-electron chi connectivity index (χ1n) is 6.84. The first-order chi connectivity index (χ1) is 9.92. The highest BCUT2D eigenvalue weighted by Gasteiger charge is 2.64. The van der Waals surface area contributed by atoms with Gasteiger partial charge < -0.3 is 9.64 Å². The minimum absolute atomic E-state index is 0.159. The summed E-state index contributed by atoms with van der Waals surface area (Å²) in [5, 5.41) is 5.90. The Labute approximate surface area is 122 Å². The number of morpholine rings is 1. The van der Waals surface area contributed by atoms with E-state index in [1.807, 2.05) is 0 Å². The molecule has 0 saturated carbocycles. The third kappa shape index (κ3) is 1.71. The second kappa shape index (κ2) is 4.05. The van der Waals surface area contributed by atoms with Crippen LogP contribution >= 0.6 is 0 Å². The molecule has 1 aromatic heterocycles. The first kappa shape index (κ1) is 13.2. The van der Waals surface area contributed by atoms with Crippen molar-refractivity contribution in [3.63, 3.8) is 0 Å². The fraction of sp³-hybridized carbons (Fsp3) is 0.667. The van der Waals surface area contributed by atoms with E-state index in [4.69, 9.17) is 4.74 Å². The van der Waals surface area contributed by atoms with Gasteiger partial charge in [-0.2, -0.15) is 5.10 Å². The zero-order valence-corrected chi connectivity index (χ0v) is 12.3. The van der Waals surface area contributed by atoms with Crippen LogP contribution in [-0.2, 0) is 14.8 Å². The lowest BCUT2D eigenvalue weighted by atomic mass is 9.99. The summed E-state index contributed by atoms with van der Waals surface area (Å²) >= 11 is 0. The Hall–Kier alpha value is -1.45. The monoisotopic (exact) mass is 312 g/mol. The molecule has 2 bridgehead atoms. The second-order valence-corrected chi connectivity index (χ2v) is 8.21. The van der Waals surface area contributed by atoms with Crippen molar-refractivity contribution in [1.82, 2.24) is 19.4 Å². The number of sulfonamides is 1. The van der Waals surface area contributed by atoms with Crippen molar-refractivity contribution in [3.05, 3.63) is 18.0 Å². The van der Waals surface area contributed by atoms with Gasteiger partial charge in [-0.25, -0.2) is 12.7 Å². The van der Waals surface area contributed by atoms with Gasteiger partial charge in [0.2, 0.25) is 10.0 Å². The summed E-state index contributed by atoms with van der Waals surface area (Å²) in [5.74, 6) is -0.159. The molecule has 1 aromatic rings. The van der Waals surface area contributed by atoms with E-state index in [9.17, 15) is 13.2 Å². The number of H-pyrrole nitrogens is 1. The van der Waals surface area contributed by atoms with Crippen molar-refractivity contribution in [2.45, 2.75) is 23.4 Å². The molecule has 9 heteroatoms. The lowest BCUT2D eigenvalue weighted by molar-refractivity contribution is -0.0967. The van der Waals surface area contributed by atoms with Gasteiger partial charge in [0.25, 0.3) is 5.91 Å². The van der Waals surface area contributed by atoms with Gasteiger partial charge in [-0.3, -0.25) is 9.89 Å². The predicted octanol–water partition coefficient (Wildman–Crippen LogP) is -0.963. The molecular formula is C12H16N4O4S. The van der Waals surface area contributed by atoms with Crippen LogP contribution in [0.2, 0.25) is 0 Å². The van der Waals surface area contributed by atoms with E-state index < -0.39 is 20.9 Å². The summed E-state index contributed by atoms with van der Waals surface area (Å²) in [6.45, 7) is 1.04. The minimum Gasteiger partial charge on any atom is -0.365 e. The van der Waals surface area contributed by atoms with E-state index in [1.165, 1.54) is 10.5 Å². The Morgan fingerprint density at radius 2 is 2.33 bits per heavy atom. The zero-order chi connectivity index (χ0) is 14.8. The molecule has 4 heterocycles. The van der Waals surface area contributed by atoms with Crippen LogP contribution in [0.4, 0.5) is 0 Å². The van der Waals surface area contributed by atoms with Gasteiger partial charge in [-0.05, 0) is 12.5 Å². The number of hydrogen-bond acceptors (Lipinski definition) is 5. The van der Waals surface area contributed by atoms with E-state index in [1.54, 1.807) is 18.0 Å². The Kier molecular flexibility index (Phi) is 2.55. The Bertz CT molecular complexity index is 688. The quantitative estimate of drug-likeness (QED) is 0.720. The molecule has 3 atom stereocenters. The number of aromatic nitrogens is 2. The van der Waals surface area contributed by atoms with Gasteiger partial charge in [0.1, 0.15) is 16.5 Å². The Balaban J connectivity index is 1.66. The van der Waals surface area contributed by atoms with Crippen molar-refractivity contribution < 1.29 is 17.9 Å². The van der Waals surface area contributed by atoms with Gasteiger partial charge >= 0.3 is 0 Å². The van der Waals surface area contributed by atoms with Gasteiger partial charge in [-0.15, -0.1) is 0 Å². The number of nitrogens with one attached hydrogen (secondary N) is 1. The molecule has 0 aromatic carbocycles. The summed E-state index contributed by atoms with van der Waals surface area (Å²) in [6, 6.07) is 1.62. The molecule has 114 valence electrons. The van der Waals surface area contributed by atoms with E-state index in [2.05, 4.69) is 10.2 Å². The smallest absolute Gasteiger partial charge is 0.272 e. The molecule has 1 spiro atoms. The van der Waals surface area contributed by atoms with Gasteiger partial charge in [0.05, 0.1) is 12.6 Å². The number of rotatable bonds is 1. The fourth-order valence-corrected chi connectivity index (χ4v) is 5.80. The molecule has 21 heavy (non-hydrogen) atoms. The molecule has 1 amide bonds. The number of nitrogens with zero attached hydrogens (tertiary/aromatic N) is 3. The molecule has 3 saturated heterocycles. The predicted molar refractivity (Wildman–Crippen MR) is 72.1 cm³/mol. The molecular weight excluding hydrogens is 296 g/mol. The molecule has 0 radical (unpaired) electrons. The van der Waals surface area contributed by atoms with Crippen LogP contribution in [0.3, 0.4) is 0 Å². The van der Waals surface area contributed by atoms with Crippen molar-refractivity contribution in [1.29, 1.82) is 0 Å². The first-order valence-corrected chi connectivity index (χ1v) is 8.34. The minimum atomic E-state index is -3.32. The van der Waals surface area contributed by atoms with E-state index in [0.29, 0.717) is 31.7 Å². The van der Waals surface area contributed by atoms with Crippen LogP contribution in [-0.4, -0.2) is 77.4 Å². The van der Waals surface area contributed by atoms with Crippen molar-refractivity contribution in [3.8, 4) is 0 Å². The molecule has 4 rings (SSSR count). The van der Waals surface area contributed by atoms with Crippen LogP contribution in [0.5, 0.6) is 0 Å². The number of ether oxygens (including phenoxy) is 1. The maximum absolute atomic E-state index is 12.4. The Morgan fingerprint density at radius 3 is 3.05 bits per heavy atom. The van der Waals surface area contributed by atoms with Crippen LogP contribution < -0.4 is 0 Å². The van der Waals surface area contributed by atoms with Crippen molar-refractivity contribution in [2.24, 2.45) is 0 Å². The maximum atomic E-state index is 12.4. The maximum Gasteiger partial charge on any atom is 0.272 e. The third-order valence-electron chi connectivity index (χ3n) is 4.65. The number of carbonyl (C=O) groups is 1. The topological polar surface area (TPSA) is 95.6 Å². The SMILES string of the molecule is CN1C[C@]23CN(C(=O)c4ccn[nH]4)C[C@@H](C[C@H]2S1(=O)=O)O3. The molecule has 0 unspecified atom stereocenters. The number of hydrogen-bond donors (Lipinski definition) is 1. The number of likely N-dealkylation sites (N-methyl/N-ethyl adjacent to an activating group) is 1. The summed E-state index contributed by atoms with van der Waals surface area (Å²) in [6.07, 6.45) is 1.77. The van der Waals surface area contributed by atoms with Crippen molar-refractivity contribution >= 4 is 15.9 Å². The highest BCUT2D eigenvalue weighted by Crippen LogP contribution is 2.46. The normalized spacial score (nSPS) is 37.7. The Morgan fingerprint density at radius 1 is 1.52 bits per heavy atom. The summed E-state index contributed by atoms with van der Waals surface area (Å²) < 4.78 is 32.0. The highest BCUT2D eigenvalue weighted by molar-refractivity contribution is 7.90. The lowest BCUT2D eigenvalue weighted by Crippen LogP contribution is -2.56. The fourth-order valence-electron chi connectivity index (χ4n) is 3.76. The van der Waals surface area contributed by atoms with Crippen LogP contribution in [0.15, 0.2) is 12.3 Å². The molecule has 0 aliphatic carbocycles. The van der Waals surface area contributed by atoms with Crippen molar-refractivity contribution in [2.75, 3.05) is 26.7 Å². The second-order valence-electron chi connectivity index (χ2n) is 5.99. The van der Waals surface area contributed by atoms with Crippen LogP contribution in [0, 0.1) is 0 Å². The highest BCUT2D eigenvalue weighted by atomic mass is 32.2. The van der Waals surface area contributed by atoms with Gasteiger partial charge in [0.15, 0.2) is 0 Å². The molecule has 1 N–H and O–H groups in total. The average Bonchev–Trinajstić information content (AvgIpc) is 3.07. The van der Waals surface area contributed by atoms with Crippen LogP contribution in [0.25, 0.3) is 0 Å². The summed E-state index contributed by atoms with van der Waals surface area (Å²) in [4.78, 5) is 14.1. The van der Waals surface area contributed by atoms with Gasteiger partial charge in [0, 0.05) is 26.3 Å². The number of fused-ring (bicyclic) bond motifs is 1. The van der Waals surface area contributed by atoms with E-state index in [0.717, 1.165) is 0 Å². The lowest BCUT2D eigenvalue weighted by Gasteiger charge is -2.39. The molecule has 3 aliphatic heterocycles. The van der Waals surface area contributed by atoms with E-state index in [-0.39, 0.29) is 12.0 Å². The number of likely N-dealkylation sites (tertiary alicyclic amines) is 1. The number of amides is 1. The molecule has 8 nitrogen and oxygen atoms in total. The largest absolute Gasteiger partial charge is 0.365 e. The summed E-state index contributed by atoms with van der Waals surface area (Å²) in [5.41, 5.74) is -0.370. The van der Waals surface area contributed by atoms with E-state index >= 15 is 0 Å². The molecule has 3 aliphatic rings. The summed E-state index contributed by atoms with van der Waals surface area (Å²) in [7, 11) is -1.75. The van der Waals surface area contributed by atoms with Crippen LogP contribution in [0.1, 0.15) is 16.9 Å². The molecule has 3 fully saturated rings. The third-order valence-corrected chi connectivity index (χ3v) is 6.99. The number of carbonyl (C=O) groups excluding carboxylic acids is 1. The van der Waals surface area contributed by atoms with Gasteiger partial charge in [-0.1, -0.05) is 0 Å². The average molecular weight is 312 g/mol.